The largest absolute Gasteiger partial charge is 0.361 e. The van der Waals surface area contributed by atoms with Crippen LogP contribution >= 0.6 is 0 Å². The molecule has 4 aromatic rings. The van der Waals surface area contributed by atoms with E-state index in [1.54, 1.807) is 0 Å². The van der Waals surface area contributed by atoms with Crippen LogP contribution in [0.15, 0.2) is 72.9 Å². The van der Waals surface area contributed by atoms with E-state index in [1.807, 2.05) is 47.5 Å². The molecule has 4 nitrogen and oxygen atoms in total. The van der Waals surface area contributed by atoms with Gasteiger partial charge in [-0.1, -0.05) is 36.4 Å². The number of nitrogens with two attached hydrogens (primary N) is 1. The molecule has 0 aliphatic heterocycles. The van der Waals surface area contributed by atoms with Gasteiger partial charge in [0, 0.05) is 35.8 Å². The summed E-state index contributed by atoms with van der Waals surface area (Å²) in [7, 11) is 0. The lowest BCUT2D eigenvalue weighted by atomic mass is 10.1. The highest BCUT2D eigenvalue weighted by Crippen LogP contribution is 2.20. The second kappa shape index (κ2) is 8.28. The number of amides is 1. The molecule has 0 aliphatic carbocycles. The van der Waals surface area contributed by atoms with Gasteiger partial charge in [0.25, 0.3) is 5.91 Å². The van der Waals surface area contributed by atoms with E-state index in [4.69, 9.17) is 5.73 Å². The van der Waals surface area contributed by atoms with Crippen molar-refractivity contribution in [3.63, 3.8) is 0 Å². The number of nitrogens with one attached hydrogen (secondary N) is 1. The Labute approximate surface area is 165 Å². The van der Waals surface area contributed by atoms with Crippen LogP contribution in [0.25, 0.3) is 21.7 Å². The van der Waals surface area contributed by atoms with Gasteiger partial charge in [-0.3, -0.25) is 4.79 Å². The first-order chi connectivity index (χ1) is 13.7. The van der Waals surface area contributed by atoms with E-state index in [2.05, 4.69) is 35.3 Å². The summed E-state index contributed by atoms with van der Waals surface area (Å²) in [6, 6.07) is 22.5. The molecule has 3 N–H and O–H groups in total. The highest BCUT2D eigenvalue weighted by Gasteiger charge is 2.17. The predicted octanol–water partition coefficient (Wildman–Crippen LogP) is 4.70. The summed E-state index contributed by atoms with van der Waals surface area (Å²) < 4.78 is 0. The van der Waals surface area contributed by atoms with Crippen molar-refractivity contribution in [2.75, 3.05) is 13.1 Å². The number of aromatic nitrogens is 1. The zero-order valence-electron chi connectivity index (χ0n) is 15.9. The predicted molar refractivity (Wildman–Crippen MR) is 115 cm³/mol. The van der Waals surface area contributed by atoms with E-state index in [-0.39, 0.29) is 5.91 Å². The summed E-state index contributed by atoms with van der Waals surface area (Å²) in [6.45, 7) is 1.95. The summed E-state index contributed by atoms with van der Waals surface area (Å²) in [5.74, 6) is 0.0632. The number of hydrogen-bond donors (Lipinski definition) is 2. The Bertz CT molecular complexity index is 1100. The standard InChI is InChI=1S/C24H25N3O/c25-12-3-4-14-27(17-18-7-8-19-5-1-2-6-20(19)15-18)24(28)22-9-10-23-21(16-22)11-13-26-23/h1-2,5-11,13,15-16,26H,3-4,12,14,17,25H2. The SMILES string of the molecule is NCCCCN(Cc1ccc2ccccc2c1)C(=O)c1ccc2[nH]ccc2c1. The van der Waals surface area contributed by atoms with E-state index in [9.17, 15) is 4.79 Å². The molecule has 0 unspecified atom stereocenters. The number of aromatic amines is 1. The fourth-order valence-electron chi connectivity index (χ4n) is 3.63. The molecule has 4 rings (SSSR count). The number of carbonyl (C=O) groups excluding carboxylic acids is 1. The first-order valence-electron chi connectivity index (χ1n) is 9.79. The first-order valence-corrected chi connectivity index (χ1v) is 9.79. The van der Waals surface area contributed by atoms with Crippen LogP contribution in [0.1, 0.15) is 28.8 Å². The van der Waals surface area contributed by atoms with Crippen molar-refractivity contribution in [3.05, 3.63) is 84.1 Å². The van der Waals surface area contributed by atoms with E-state index < -0.39 is 0 Å². The molecule has 0 fully saturated rings. The van der Waals surface area contributed by atoms with Gasteiger partial charge in [0.15, 0.2) is 0 Å². The quantitative estimate of drug-likeness (QED) is 0.463. The Morgan fingerprint density at radius 1 is 0.893 bits per heavy atom. The molecule has 142 valence electrons. The molecular formula is C24H25N3O. The third kappa shape index (κ3) is 3.92. The normalized spacial score (nSPS) is 11.2. The highest BCUT2D eigenvalue weighted by molar-refractivity contribution is 5.98. The van der Waals surface area contributed by atoms with Crippen LogP contribution in [0.4, 0.5) is 0 Å². The maximum Gasteiger partial charge on any atom is 0.254 e. The molecule has 1 amide bonds. The molecule has 0 aliphatic rings. The Morgan fingerprint density at radius 2 is 1.75 bits per heavy atom. The lowest BCUT2D eigenvalue weighted by Gasteiger charge is -2.23. The average molecular weight is 371 g/mol. The minimum Gasteiger partial charge on any atom is -0.361 e. The van der Waals surface area contributed by atoms with Crippen molar-refractivity contribution in [2.24, 2.45) is 5.73 Å². The zero-order chi connectivity index (χ0) is 19.3. The maximum atomic E-state index is 13.3. The van der Waals surface area contributed by atoms with Crippen molar-refractivity contribution >= 4 is 27.6 Å². The van der Waals surface area contributed by atoms with Crippen LogP contribution in [-0.4, -0.2) is 28.9 Å². The Kier molecular flexibility index (Phi) is 5.40. The van der Waals surface area contributed by atoms with Gasteiger partial charge in [-0.05, 0) is 66.1 Å². The molecule has 0 saturated heterocycles. The number of H-pyrrole nitrogens is 1. The number of unbranched alkanes of at least 4 members (excludes halogenated alkanes) is 1. The van der Waals surface area contributed by atoms with E-state index in [1.165, 1.54) is 10.8 Å². The second-order valence-electron chi connectivity index (χ2n) is 7.18. The summed E-state index contributed by atoms with van der Waals surface area (Å²) in [4.78, 5) is 18.4. The number of hydrogen-bond acceptors (Lipinski definition) is 2. The Balaban J connectivity index is 1.60. The molecule has 0 saturated carbocycles. The molecule has 28 heavy (non-hydrogen) atoms. The lowest BCUT2D eigenvalue weighted by Crippen LogP contribution is -2.31. The minimum absolute atomic E-state index is 0.0632. The van der Waals surface area contributed by atoms with Crippen molar-refractivity contribution in [2.45, 2.75) is 19.4 Å². The van der Waals surface area contributed by atoms with Gasteiger partial charge in [-0.25, -0.2) is 0 Å². The molecule has 0 bridgehead atoms. The first kappa shape index (κ1) is 18.3. The topological polar surface area (TPSA) is 62.1 Å². The summed E-state index contributed by atoms with van der Waals surface area (Å²) in [5, 5.41) is 3.46. The van der Waals surface area contributed by atoms with Crippen molar-refractivity contribution < 1.29 is 4.79 Å². The Morgan fingerprint density at radius 3 is 2.61 bits per heavy atom. The van der Waals surface area contributed by atoms with Gasteiger partial charge in [0.05, 0.1) is 0 Å². The number of rotatable bonds is 7. The van der Waals surface area contributed by atoms with E-state index >= 15 is 0 Å². The molecule has 1 aromatic heterocycles. The Hall–Kier alpha value is -3.11. The molecule has 0 atom stereocenters. The van der Waals surface area contributed by atoms with Crippen molar-refractivity contribution in [1.29, 1.82) is 0 Å². The van der Waals surface area contributed by atoms with Crippen LogP contribution in [-0.2, 0) is 6.54 Å². The van der Waals surface area contributed by atoms with Crippen molar-refractivity contribution in [1.82, 2.24) is 9.88 Å². The summed E-state index contributed by atoms with van der Waals surface area (Å²) in [5.41, 5.74) is 8.57. The average Bonchev–Trinajstić information content (AvgIpc) is 3.20. The van der Waals surface area contributed by atoms with Crippen LogP contribution < -0.4 is 5.73 Å². The van der Waals surface area contributed by atoms with Gasteiger partial charge >= 0.3 is 0 Å². The molecular weight excluding hydrogens is 346 g/mol. The lowest BCUT2D eigenvalue weighted by molar-refractivity contribution is 0.0740. The van der Waals surface area contributed by atoms with Crippen molar-refractivity contribution in [3.8, 4) is 0 Å². The second-order valence-corrected chi connectivity index (χ2v) is 7.18. The zero-order valence-corrected chi connectivity index (χ0v) is 15.9. The van der Waals surface area contributed by atoms with Gasteiger partial charge in [-0.15, -0.1) is 0 Å². The smallest absolute Gasteiger partial charge is 0.254 e. The van der Waals surface area contributed by atoms with E-state index in [0.29, 0.717) is 19.6 Å². The minimum atomic E-state index is 0.0632. The number of carbonyl (C=O) groups is 1. The number of benzene rings is 3. The third-order valence-electron chi connectivity index (χ3n) is 5.16. The molecule has 3 aromatic carbocycles. The van der Waals surface area contributed by atoms with Gasteiger partial charge in [-0.2, -0.15) is 0 Å². The van der Waals surface area contributed by atoms with Gasteiger partial charge in [0.1, 0.15) is 0 Å². The fraction of sp³-hybridized carbons (Fsp3) is 0.208. The van der Waals surface area contributed by atoms with Crippen LogP contribution in [0.5, 0.6) is 0 Å². The molecule has 4 heteroatoms. The maximum absolute atomic E-state index is 13.3. The van der Waals surface area contributed by atoms with Gasteiger partial charge in [0.2, 0.25) is 0 Å². The summed E-state index contributed by atoms with van der Waals surface area (Å²) in [6.07, 6.45) is 3.72. The molecule has 0 spiro atoms. The molecule has 1 heterocycles. The van der Waals surface area contributed by atoms with Crippen LogP contribution in [0.3, 0.4) is 0 Å². The summed E-state index contributed by atoms with van der Waals surface area (Å²) >= 11 is 0. The molecule has 0 radical (unpaired) electrons. The fourth-order valence-corrected chi connectivity index (χ4v) is 3.63. The number of fused-ring (bicyclic) bond motifs is 2. The highest BCUT2D eigenvalue weighted by atomic mass is 16.2. The van der Waals surface area contributed by atoms with Crippen LogP contribution in [0, 0.1) is 0 Å². The third-order valence-corrected chi connectivity index (χ3v) is 5.16. The van der Waals surface area contributed by atoms with E-state index in [0.717, 1.165) is 34.9 Å². The van der Waals surface area contributed by atoms with Gasteiger partial charge < -0.3 is 15.6 Å². The number of nitrogens with zero attached hydrogens (tertiary/aromatic N) is 1. The van der Waals surface area contributed by atoms with Crippen LogP contribution in [0.2, 0.25) is 0 Å². The monoisotopic (exact) mass is 371 g/mol.